The SMILES string of the molecule is Oc1nc2nc3c1cnn3-c1ccc(F)cc1OCCN1CC[C@H](C2)C1. The lowest BCUT2D eigenvalue weighted by atomic mass is 10.0. The summed E-state index contributed by atoms with van der Waals surface area (Å²) in [5, 5.41) is 15.1. The van der Waals surface area contributed by atoms with Crippen LogP contribution in [0.1, 0.15) is 12.2 Å². The summed E-state index contributed by atoms with van der Waals surface area (Å²) in [7, 11) is 0. The summed E-state index contributed by atoms with van der Waals surface area (Å²) in [5.41, 5.74) is 1.09. The molecule has 2 aliphatic rings. The van der Waals surface area contributed by atoms with E-state index in [9.17, 15) is 9.50 Å². The van der Waals surface area contributed by atoms with Gasteiger partial charge < -0.3 is 9.84 Å². The molecule has 4 bridgehead atoms. The maximum atomic E-state index is 13.8. The van der Waals surface area contributed by atoms with Crippen LogP contribution in [0.3, 0.4) is 0 Å². The van der Waals surface area contributed by atoms with E-state index in [4.69, 9.17) is 4.74 Å². The first kappa shape index (κ1) is 15.5. The topological polar surface area (TPSA) is 76.3 Å². The normalized spacial score (nSPS) is 22.3. The molecule has 1 unspecified atom stereocenters. The van der Waals surface area contributed by atoms with Gasteiger partial charge in [-0.15, -0.1) is 0 Å². The Morgan fingerprint density at radius 3 is 3.08 bits per heavy atom. The number of benzene rings is 1. The second kappa shape index (κ2) is 5.91. The van der Waals surface area contributed by atoms with E-state index < -0.39 is 0 Å². The van der Waals surface area contributed by atoms with Crippen LogP contribution >= 0.6 is 0 Å². The first-order valence-corrected chi connectivity index (χ1v) is 8.76. The lowest BCUT2D eigenvalue weighted by Crippen LogP contribution is -2.26. The van der Waals surface area contributed by atoms with E-state index in [0.29, 0.717) is 47.2 Å². The molecule has 8 heteroatoms. The highest BCUT2D eigenvalue weighted by Crippen LogP contribution is 2.30. The van der Waals surface area contributed by atoms with Gasteiger partial charge in [-0.25, -0.2) is 14.1 Å². The van der Waals surface area contributed by atoms with Gasteiger partial charge in [-0.3, -0.25) is 4.90 Å². The van der Waals surface area contributed by atoms with Crippen LogP contribution < -0.4 is 4.74 Å². The van der Waals surface area contributed by atoms with Gasteiger partial charge in [0.25, 0.3) is 0 Å². The van der Waals surface area contributed by atoms with Crippen molar-refractivity contribution in [3.8, 4) is 17.3 Å². The molecule has 5 rings (SSSR count). The Morgan fingerprint density at radius 2 is 2.15 bits per heavy atom. The van der Waals surface area contributed by atoms with E-state index >= 15 is 0 Å². The Kier molecular flexibility index (Phi) is 3.53. The predicted molar refractivity (Wildman–Crippen MR) is 92.0 cm³/mol. The maximum absolute atomic E-state index is 13.8. The highest BCUT2D eigenvalue weighted by atomic mass is 19.1. The molecule has 4 heterocycles. The van der Waals surface area contributed by atoms with E-state index in [1.165, 1.54) is 18.3 Å². The molecule has 1 N–H and O–H groups in total. The van der Waals surface area contributed by atoms with Gasteiger partial charge in [-0.05, 0) is 31.0 Å². The lowest BCUT2D eigenvalue weighted by Gasteiger charge is -2.17. The van der Waals surface area contributed by atoms with Crippen LogP contribution in [0.2, 0.25) is 0 Å². The Hall–Kier alpha value is -2.74. The molecule has 2 aliphatic heterocycles. The summed E-state index contributed by atoms with van der Waals surface area (Å²) < 4.78 is 21.2. The zero-order chi connectivity index (χ0) is 17.7. The number of hydrogen-bond acceptors (Lipinski definition) is 6. The first-order valence-electron chi connectivity index (χ1n) is 8.76. The van der Waals surface area contributed by atoms with Crippen LogP contribution in [0.25, 0.3) is 16.7 Å². The molecule has 1 fully saturated rings. The van der Waals surface area contributed by atoms with Gasteiger partial charge in [-0.2, -0.15) is 10.1 Å². The zero-order valence-corrected chi connectivity index (χ0v) is 14.1. The Labute approximate surface area is 149 Å². The quantitative estimate of drug-likeness (QED) is 0.664. The first-order chi connectivity index (χ1) is 12.7. The van der Waals surface area contributed by atoms with Gasteiger partial charge in [0.2, 0.25) is 5.88 Å². The van der Waals surface area contributed by atoms with Crippen molar-refractivity contribution in [2.24, 2.45) is 5.92 Å². The second-order valence-corrected chi connectivity index (χ2v) is 6.88. The van der Waals surface area contributed by atoms with E-state index in [0.717, 1.165) is 26.1 Å². The van der Waals surface area contributed by atoms with Crippen molar-refractivity contribution in [3.05, 3.63) is 36.0 Å². The van der Waals surface area contributed by atoms with Crippen LogP contribution in [0.5, 0.6) is 11.6 Å². The fraction of sp³-hybridized carbons (Fsp3) is 0.389. The van der Waals surface area contributed by atoms with Crippen molar-refractivity contribution in [1.29, 1.82) is 0 Å². The van der Waals surface area contributed by atoms with Gasteiger partial charge in [0.15, 0.2) is 5.65 Å². The van der Waals surface area contributed by atoms with Crippen LogP contribution in [0.4, 0.5) is 4.39 Å². The molecular formula is C18H18FN5O2. The lowest BCUT2D eigenvalue weighted by molar-refractivity contribution is 0.231. The third kappa shape index (κ3) is 2.57. The third-order valence-corrected chi connectivity index (χ3v) is 5.11. The molecule has 0 spiro atoms. The molecule has 0 saturated carbocycles. The summed E-state index contributed by atoms with van der Waals surface area (Å²) in [6.45, 7) is 3.20. The van der Waals surface area contributed by atoms with Crippen molar-refractivity contribution in [1.82, 2.24) is 24.6 Å². The minimum absolute atomic E-state index is 0.0782. The van der Waals surface area contributed by atoms with E-state index in [1.54, 1.807) is 10.7 Å². The summed E-state index contributed by atoms with van der Waals surface area (Å²) in [6, 6.07) is 4.33. The van der Waals surface area contributed by atoms with Crippen LogP contribution in [-0.4, -0.2) is 56.0 Å². The molecule has 0 radical (unpaired) electrons. The Morgan fingerprint density at radius 1 is 1.23 bits per heavy atom. The van der Waals surface area contributed by atoms with Gasteiger partial charge >= 0.3 is 0 Å². The summed E-state index contributed by atoms with van der Waals surface area (Å²) in [5.74, 6) is 1.01. The number of nitrogens with zero attached hydrogens (tertiary/aromatic N) is 5. The van der Waals surface area contributed by atoms with Gasteiger partial charge in [0.1, 0.15) is 35.1 Å². The standard InChI is InChI=1S/C18H18FN5O2/c19-12-1-2-14-15(8-12)26-6-5-23-4-3-11(10-23)7-16-21-17-13(18(25)22-16)9-20-24(14)17/h1-2,8-9,11H,3-7,10H2,(H,21,22,25)/t11-/m1/s1. The smallest absolute Gasteiger partial charge is 0.225 e. The van der Waals surface area contributed by atoms with E-state index in [2.05, 4.69) is 20.0 Å². The molecule has 0 aliphatic carbocycles. The number of rotatable bonds is 0. The van der Waals surface area contributed by atoms with Crippen LogP contribution in [0.15, 0.2) is 24.4 Å². The van der Waals surface area contributed by atoms with Crippen molar-refractivity contribution >= 4 is 11.0 Å². The summed E-state index contributed by atoms with van der Waals surface area (Å²) in [4.78, 5) is 11.2. The number of ether oxygens (including phenoxy) is 1. The van der Waals surface area contributed by atoms with Gasteiger partial charge in [0, 0.05) is 25.6 Å². The molecule has 26 heavy (non-hydrogen) atoms. The van der Waals surface area contributed by atoms with E-state index in [1.807, 2.05) is 0 Å². The molecule has 134 valence electrons. The number of fused-ring (bicyclic) bond motifs is 5. The Bertz CT molecular complexity index is 989. The molecular weight excluding hydrogens is 337 g/mol. The summed E-state index contributed by atoms with van der Waals surface area (Å²) in [6.07, 6.45) is 3.29. The highest BCUT2D eigenvalue weighted by Gasteiger charge is 2.25. The van der Waals surface area contributed by atoms with Crippen LogP contribution in [-0.2, 0) is 6.42 Å². The van der Waals surface area contributed by atoms with Crippen molar-refractivity contribution in [2.45, 2.75) is 12.8 Å². The predicted octanol–water partition coefficient (Wildman–Crippen LogP) is 1.92. The molecule has 7 nitrogen and oxygen atoms in total. The largest absolute Gasteiger partial charge is 0.493 e. The molecule has 1 aromatic carbocycles. The second-order valence-electron chi connectivity index (χ2n) is 6.88. The average molecular weight is 355 g/mol. The molecule has 0 amide bonds. The molecule has 3 aromatic rings. The molecule has 1 saturated heterocycles. The Balaban J connectivity index is 1.71. The monoisotopic (exact) mass is 355 g/mol. The van der Waals surface area contributed by atoms with Crippen LogP contribution in [0, 0.1) is 11.7 Å². The van der Waals surface area contributed by atoms with Crippen molar-refractivity contribution < 1.29 is 14.2 Å². The maximum Gasteiger partial charge on any atom is 0.225 e. The van der Waals surface area contributed by atoms with Gasteiger partial charge in [0.05, 0.1) is 6.20 Å². The third-order valence-electron chi connectivity index (χ3n) is 5.11. The number of aromatic hydroxyl groups is 1. The summed E-state index contributed by atoms with van der Waals surface area (Å²) >= 11 is 0. The zero-order valence-electron chi connectivity index (χ0n) is 14.1. The minimum Gasteiger partial charge on any atom is -0.493 e. The van der Waals surface area contributed by atoms with Crippen molar-refractivity contribution in [3.63, 3.8) is 0 Å². The fourth-order valence-corrected chi connectivity index (χ4v) is 3.81. The minimum atomic E-state index is -0.371. The number of halogens is 1. The molecule has 2 atom stereocenters. The van der Waals surface area contributed by atoms with Gasteiger partial charge in [-0.1, -0.05) is 0 Å². The van der Waals surface area contributed by atoms with Crippen molar-refractivity contribution in [2.75, 3.05) is 26.2 Å². The number of aromatic nitrogens is 4. The van der Waals surface area contributed by atoms with E-state index in [-0.39, 0.29) is 11.7 Å². The average Bonchev–Trinajstić information content (AvgIpc) is 3.22. The number of hydrogen-bond donors (Lipinski definition) is 1. The highest BCUT2D eigenvalue weighted by molar-refractivity contribution is 5.81. The fourth-order valence-electron chi connectivity index (χ4n) is 3.81. The molecule has 2 aromatic heterocycles.